The Balaban J connectivity index is 2.64. The van der Waals surface area contributed by atoms with Crippen LogP contribution in [0.1, 0.15) is 5.56 Å². The summed E-state index contributed by atoms with van der Waals surface area (Å²) in [4.78, 5) is 10.9. The lowest BCUT2D eigenvalue weighted by molar-refractivity contribution is -0.135. The number of benzene rings is 2. The highest BCUT2D eigenvalue weighted by Crippen LogP contribution is 2.34. The Morgan fingerprint density at radius 1 is 1.12 bits per heavy atom. The van der Waals surface area contributed by atoms with Crippen LogP contribution in [0.4, 0.5) is 10.1 Å². The molecule has 0 aliphatic carbocycles. The van der Waals surface area contributed by atoms with Crippen LogP contribution in [0.5, 0.6) is 11.5 Å². The van der Waals surface area contributed by atoms with Crippen LogP contribution < -0.4 is 13.8 Å². The van der Waals surface area contributed by atoms with Crippen LogP contribution in [-0.2, 0) is 14.8 Å². The third-order valence-electron chi connectivity index (χ3n) is 3.59. The Bertz CT molecular complexity index is 929. The summed E-state index contributed by atoms with van der Waals surface area (Å²) in [5.41, 5.74) is 0.749. The zero-order chi connectivity index (χ0) is 19.5. The molecule has 0 bridgehead atoms. The molecule has 0 aromatic heterocycles. The minimum Gasteiger partial charge on any atom is -0.495 e. The van der Waals surface area contributed by atoms with E-state index in [1.54, 1.807) is 13.0 Å². The summed E-state index contributed by atoms with van der Waals surface area (Å²) < 4.78 is 50.6. The summed E-state index contributed by atoms with van der Waals surface area (Å²) in [6, 6.07) is 7.80. The minimum atomic E-state index is -4.37. The maximum Gasteiger partial charge on any atom is 0.324 e. The number of sulfonamides is 1. The predicted molar refractivity (Wildman–Crippen MR) is 92.9 cm³/mol. The van der Waals surface area contributed by atoms with Gasteiger partial charge >= 0.3 is 5.97 Å². The van der Waals surface area contributed by atoms with Crippen LogP contribution in [0.25, 0.3) is 0 Å². The number of carboxylic acid groups (broad SMARTS) is 1. The first-order valence-electron chi connectivity index (χ1n) is 7.43. The average molecular weight is 383 g/mol. The van der Waals surface area contributed by atoms with Crippen molar-refractivity contribution in [3.8, 4) is 11.5 Å². The normalized spacial score (nSPS) is 11.1. The SMILES string of the molecule is COc1ccc(S(=O)(=O)N(CC(=O)O)c2cc(C)ccc2OC)cc1F. The number of aryl methyl sites for hydroxylation is 1. The van der Waals surface area contributed by atoms with E-state index in [1.807, 2.05) is 0 Å². The standard InChI is InChI=1S/C17H18FNO6S/c1-11-4-6-16(25-3)14(8-11)19(10-17(20)21)26(22,23)12-5-7-15(24-2)13(18)9-12/h4-9H,10H2,1-3H3,(H,20,21). The van der Waals surface area contributed by atoms with Gasteiger partial charge in [-0.1, -0.05) is 6.07 Å². The number of nitrogens with zero attached hydrogens (tertiary/aromatic N) is 1. The van der Waals surface area contributed by atoms with Crippen molar-refractivity contribution in [2.24, 2.45) is 0 Å². The molecule has 26 heavy (non-hydrogen) atoms. The van der Waals surface area contributed by atoms with Gasteiger partial charge in [0.25, 0.3) is 10.0 Å². The molecular weight excluding hydrogens is 365 g/mol. The molecule has 0 fully saturated rings. The van der Waals surface area contributed by atoms with Crippen LogP contribution in [0.2, 0.25) is 0 Å². The molecule has 0 heterocycles. The van der Waals surface area contributed by atoms with E-state index in [9.17, 15) is 22.7 Å². The molecule has 2 aromatic rings. The summed E-state index contributed by atoms with van der Waals surface area (Å²) in [6.07, 6.45) is 0. The van der Waals surface area contributed by atoms with Gasteiger partial charge < -0.3 is 14.6 Å². The van der Waals surface area contributed by atoms with Crippen LogP contribution in [0, 0.1) is 12.7 Å². The molecule has 2 rings (SSSR count). The lowest BCUT2D eigenvalue weighted by atomic mass is 10.2. The monoisotopic (exact) mass is 383 g/mol. The number of methoxy groups -OCH3 is 2. The maximum atomic E-state index is 14.0. The molecule has 0 saturated heterocycles. The zero-order valence-corrected chi connectivity index (χ0v) is 15.2. The lowest BCUT2D eigenvalue weighted by Gasteiger charge is -2.25. The van der Waals surface area contributed by atoms with Crippen molar-refractivity contribution in [3.63, 3.8) is 0 Å². The number of hydrogen-bond donors (Lipinski definition) is 1. The molecule has 7 nitrogen and oxygen atoms in total. The largest absolute Gasteiger partial charge is 0.495 e. The van der Waals surface area contributed by atoms with E-state index in [-0.39, 0.29) is 17.2 Å². The Morgan fingerprint density at radius 3 is 2.27 bits per heavy atom. The van der Waals surface area contributed by atoms with Crippen LogP contribution in [0.3, 0.4) is 0 Å². The van der Waals surface area contributed by atoms with E-state index >= 15 is 0 Å². The van der Waals surface area contributed by atoms with Crippen molar-refractivity contribution in [1.82, 2.24) is 0 Å². The topological polar surface area (TPSA) is 93.1 Å². The van der Waals surface area contributed by atoms with Crippen LogP contribution >= 0.6 is 0 Å². The highest BCUT2D eigenvalue weighted by Gasteiger charge is 2.30. The molecule has 0 aliphatic rings. The summed E-state index contributed by atoms with van der Waals surface area (Å²) in [5.74, 6) is -2.19. The van der Waals surface area contributed by atoms with E-state index in [1.165, 1.54) is 26.4 Å². The second kappa shape index (κ2) is 7.61. The first kappa shape index (κ1) is 19.5. The van der Waals surface area contributed by atoms with E-state index in [2.05, 4.69) is 0 Å². The molecule has 0 aliphatic heterocycles. The number of aliphatic carboxylic acids is 1. The fraction of sp³-hybridized carbons (Fsp3) is 0.235. The second-order valence-corrected chi connectivity index (χ2v) is 7.24. The van der Waals surface area contributed by atoms with Crippen molar-refractivity contribution in [3.05, 3.63) is 47.8 Å². The molecule has 0 saturated carbocycles. The highest BCUT2D eigenvalue weighted by atomic mass is 32.2. The number of anilines is 1. The molecule has 2 aromatic carbocycles. The Hall–Kier alpha value is -2.81. The van der Waals surface area contributed by atoms with Crippen molar-refractivity contribution in [1.29, 1.82) is 0 Å². The Labute approximate surface area is 150 Å². The van der Waals surface area contributed by atoms with Gasteiger partial charge in [0, 0.05) is 0 Å². The molecule has 1 N–H and O–H groups in total. The van der Waals surface area contributed by atoms with Gasteiger partial charge in [0.15, 0.2) is 11.6 Å². The number of carbonyl (C=O) groups is 1. The van der Waals surface area contributed by atoms with Gasteiger partial charge in [-0.15, -0.1) is 0 Å². The Kier molecular flexibility index (Phi) is 5.71. The van der Waals surface area contributed by atoms with Gasteiger partial charge in [-0.3, -0.25) is 9.10 Å². The molecule has 0 amide bonds. The maximum absolute atomic E-state index is 14.0. The van der Waals surface area contributed by atoms with E-state index in [0.717, 1.165) is 18.2 Å². The summed E-state index contributed by atoms with van der Waals surface area (Å²) in [6.45, 7) is 0.872. The molecule has 9 heteroatoms. The van der Waals surface area contributed by atoms with Crippen molar-refractivity contribution in [2.75, 3.05) is 25.1 Å². The van der Waals surface area contributed by atoms with Crippen molar-refractivity contribution < 1.29 is 32.2 Å². The third-order valence-corrected chi connectivity index (χ3v) is 5.35. The minimum absolute atomic E-state index is 0.0473. The quantitative estimate of drug-likeness (QED) is 0.789. The van der Waals surface area contributed by atoms with Crippen molar-refractivity contribution in [2.45, 2.75) is 11.8 Å². The van der Waals surface area contributed by atoms with Gasteiger partial charge in [0.05, 0.1) is 24.8 Å². The number of rotatable bonds is 7. The summed E-state index contributed by atoms with van der Waals surface area (Å²) >= 11 is 0. The van der Waals surface area contributed by atoms with Gasteiger partial charge in [0.2, 0.25) is 0 Å². The van der Waals surface area contributed by atoms with Crippen LogP contribution in [0.15, 0.2) is 41.3 Å². The van der Waals surface area contributed by atoms with Crippen LogP contribution in [-0.4, -0.2) is 40.3 Å². The molecule has 0 atom stereocenters. The molecular formula is C17H18FNO6S. The number of halogens is 1. The number of ether oxygens (including phenoxy) is 2. The summed E-state index contributed by atoms with van der Waals surface area (Å²) in [5, 5.41) is 9.18. The molecule has 140 valence electrons. The highest BCUT2D eigenvalue weighted by molar-refractivity contribution is 7.92. The van der Waals surface area contributed by atoms with Crippen molar-refractivity contribution >= 4 is 21.7 Å². The second-order valence-electron chi connectivity index (χ2n) is 5.38. The third kappa shape index (κ3) is 3.88. The number of hydrogen-bond acceptors (Lipinski definition) is 5. The first-order valence-corrected chi connectivity index (χ1v) is 8.87. The predicted octanol–water partition coefficient (Wildman–Crippen LogP) is 2.43. The molecule has 0 spiro atoms. The number of carboxylic acids is 1. The van der Waals surface area contributed by atoms with E-state index in [0.29, 0.717) is 9.87 Å². The summed E-state index contributed by atoms with van der Waals surface area (Å²) in [7, 11) is -1.78. The first-order chi connectivity index (χ1) is 12.2. The van der Waals surface area contributed by atoms with Gasteiger partial charge in [-0.05, 0) is 42.8 Å². The average Bonchev–Trinajstić information content (AvgIpc) is 2.59. The fourth-order valence-corrected chi connectivity index (χ4v) is 3.78. The lowest BCUT2D eigenvalue weighted by Crippen LogP contribution is -2.36. The van der Waals surface area contributed by atoms with E-state index < -0.39 is 33.3 Å². The Morgan fingerprint density at radius 2 is 1.73 bits per heavy atom. The van der Waals surface area contributed by atoms with Gasteiger partial charge in [-0.25, -0.2) is 12.8 Å². The van der Waals surface area contributed by atoms with Gasteiger partial charge in [0.1, 0.15) is 12.3 Å². The molecule has 0 unspecified atom stereocenters. The smallest absolute Gasteiger partial charge is 0.324 e. The van der Waals surface area contributed by atoms with Gasteiger partial charge in [-0.2, -0.15) is 0 Å². The zero-order valence-electron chi connectivity index (χ0n) is 14.4. The fourth-order valence-electron chi connectivity index (χ4n) is 2.35. The van der Waals surface area contributed by atoms with E-state index in [4.69, 9.17) is 9.47 Å². The molecule has 0 radical (unpaired) electrons.